The van der Waals surface area contributed by atoms with E-state index in [4.69, 9.17) is 0 Å². The summed E-state index contributed by atoms with van der Waals surface area (Å²) in [6, 6.07) is 4.58. The van der Waals surface area contributed by atoms with E-state index in [2.05, 4.69) is 10.0 Å². The van der Waals surface area contributed by atoms with Crippen LogP contribution in [0.4, 0.5) is 13.2 Å². The van der Waals surface area contributed by atoms with Crippen molar-refractivity contribution in [1.82, 2.24) is 10.0 Å². The Labute approximate surface area is 132 Å². The standard InChI is InChI=1S/C11H15F3N2O2S2.ClH/c1-2-15-7-8-16-20(17,18)10-5-3-9(4-6-10)19-11(12,13)14;/h3-6,15-16H,2,7-8H2,1H3;1H. The summed E-state index contributed by atoms with van der Waals surface area (Å²) in [6.07, 6.45) is 0. The van der Waals surface area contributed by atoms with Crippen molar-refractivity contribution in [3.8, 4) is 0 Å². The third kappa shape index (κ3) is 7.91. The van der Waals surface area contributed by atoms with Crippen LogP contribution >= 0.6 is 24.2 Å². The number of nitrogens with one attached hydrogen (secondary N) is 2. The first-order valence-corrected chi connectivity index (χ1v) is 8.11. The summed E-state index contributed by atoms with van der Waals surface area (Å²) >= 11 is -0.281. The van der Waals surface area contributed by atoms with Crippen molar-refractivity contribution in [1.29, 1.82) is 0 Å². The van der Waals surface area contributed by atoms with Crippen LogP contribution in [-0.4, -0.2) is 33.6 Å². The molecule has 10 heteroatoms. The van der Waals surface area contributed by atoms with Gasteiger partial charge in [-0.05, 0) is 42.6 Å². The first kappa shape index (κ1) is 20.5. The van der Waals surface area contributed by atoms with Gasteiger partial charge in [0.25, 0.3) is 0 Å². The van der Waals surface area contributed by atoms with Gasteiger partial charge in [-0.2, -0.15) is 13.2 Å². The van der Waals surface area contributed by atoms with Gasteiger partial charge in [0.05, 0.1) is 4.90 Å². The third-order valence-corrected chi connectivity index (χ3v) is 4.43. The van der Waals surface area contributed by atoms with Gasteiger partial charge in [-0.15, -0.1) is 12.4 Å². The predicted molar refractivity (Wildman–Crippen MR) is 79.3 cm³/mol. The van der Waals surface area contributed by atoms with Gasteiger partial charge in [0.1, 0.15) is 0 Å². The summed E-state index contributed by atoms with van der Waals surface area (Å²) in [6.45, 7) is 3.32. The highest BCUT2D eigenvalue weighted by atomic mass is 35.5. The molecule has 0 heterocycles. The molecule has 0 unspecified atom stereocenters. The molecule has 4 nitrogen and oxygen atoms in total. The lowest BCUT2D eigenvalue weighted by Crippen LogP contribution is -2.31. The minimum absolute atomic E-state index is 0. The normalized spacial score (nSPS) is 12.0. The monoisotopic (exact) mass is 364 g/mol. The fraction of sp³-hybridized carbons (Fsp3) is 0.455. The van der Waals surface area contributed by atoms with Gasteiger partial charge in [-0.3, -0.25) is 0 Å². The molecule has 0 saturated carbocycles. The van der Waals surface area contributed by atoms with Crippen molar-refractivity contribution in [2.75, 3.05) is 19.6 Å². The molecule has 1 rings (SSSR count). The number of hydrogen-bond donors (Lipinski definition) is 2. The zero-order valence-electron chi connectivity index (χ0n) is 11.1. The van der Waals surface area contributed by atoms with Crippen molar-refractivity contribution in [2.45, 2.75) is 22.2 Å². The van der Waals surface area contributed by atoms with Gasteiger partial charge in [0.2, 0.25) is 10.0 Å². The van der Waals surface area contributed by atoms with Crippen molar-refractivity contribution < 1.29 is 21.6 Å². The quantitative estimate of drug-likeness (QED) is 0.577. The van der Waals surface area contributed by atoms with Crippen LogP contribution in [0.1, 0.15) is 6.92 Å². The van der Waals surface area contributed by atoms with E-state index in [0.29, 0.717) is 6.54 Å². The van der Waals surface area contributed by atoms with Gasteiger partial charge in [-0.25, -0.2) is 13.1 Å². The van der Waals surface area contributed by atoms with E-state index in [1.54, 1.807) is 0 Å². The van der Waals surface area contributed by atoms with Crippen LogP contribution in [-0.2, 0) is 10.0 Å². The Balaban J connectivity index is 0.00000400. The van der Waals surface area contributed by atoms with Crippen LogP contribution in [0.2, 0.25) is 0 Å². The Morgan fingerprint density at radius 3 is 2.19 bits per heavy atom. The molecule has 0 aromatic heterocycles. The molecule has 0 atom stereocenters. The summed E-state index contributed by atoms with van der Waals surface area (Å²) in [5.41, 5.74) is -4.38. The SMILES string of the molecule is CCNCCNS(=O)(=O)c1ccc(SC(F)(F)F)cc1.Cl. The van der Waals surface area contributed by atoms with Crippen LogP contribution in [0.25, 0.3) is 0 Å². The number of rotatable bonds is 7. The highest BCUT2D eigenvalue weighted by Gasteiger charge is 2.29. The van der Waals surface area contributed by atoms with Gasteiger partial charge in [-0.1, -0.05) is 6.92 Å². The van der Waals surface area contributed by atoms with Crippen molar-refractivity contribution >= 4 is 34.2 Å². The summed E-state index contributed by atoms with van der Waals surface area (Å²) in [4.78, 5) is -0.107. The molecule has 1 aromatic rings. The Kier molecular flexibility index (Phi) is 8.64. The molecule has 0 aliphatic rings. The van der Waals surface area contributed by atoms with Crippen molar-refractivity contribution in [2.24, 2.45) is 0 Å². The first-order valence-electron chi connectivity index (χ1n) is 5.81. The van der Waals surface area contributed by atoms with E-state index >= 15 is 0 Å². The van der Waals surface area contributed by atoms with Gasteiger partial charge in [0, 0.05) is 18.0 Å². The Morgan fingerprint density at radius 1 is 1.14 bits per heavy atom. The highest BCUT2D eigenvalue weighted by molar-refractivity contribution is 8.00. The molecule has 0 amide bonds. The number of benzene rings is 1. The Morgan fingerprint density at radius 2 is 1.71 bits per heavy atom. The van der Waals surface area contributed by atoms with E-state index in [1.807, 2.05) is 6.92 Å². The maximum Gasteiger partial charge on any atom is 0.446 e. The summed E-state index contributed by atoms with van der Waals surface area (Å²) < 4.78 is 62.4. The van der Waals surface area contributed by atoms with E-state index in [-0.39, 0.29) is 40.5 Å². The molecule has 122 valence electrons. The molecule has 0 spiro atoms. The number of sulfonamides is 1. The summed E-state index contributed by atoms with van der Waals surface area (Å²) in [7, 11) is -3.68. The zero-order chi connectivity index (χ0) is 15.2. The molecule has 21 heavy (non-hydrogen) atoms. The van der Waals surface area contributed by atoms with E-state index in [0.717, 1.165) is 30.8 Å². The predicted octanol–water partition coefficient (Wildman–Crippen LogP) is 2.61. The third-order valence-electron chi connectivity index (χ3n) is 2.21. The number of hydrogen-bond acceptors (Lipinski definition) is 4. The fourth-order valence-electron chi connectivity index (χ4n) is 1.35. The van der Waals surface area contributed by atoms with Crippen LogP contribution in [0, 0.1) is 0 Å². The zero-order valence-corrected chi connectivity index (χ0v) is 13.6. The molecular formula is C11H16ClF3N2O2S2. The maximum absolute atomic E-state index is 12.1. The Bertz CT molecular complexity index is 521. The van der Waals surface area contributed by atoms with Crippen LogP contribution < -0.4 is 10.0 Å². The molecule has 0 bridgehead atoms. The second-order valence-corrected chi connectivity index (χ2v) is 6.68. The van der Waals surface area contributed by atoms with Gasteiger partial charge >= 0.3 is 5.51 Å². The summed E-state index contributed by atoms with van der Waals surface area (Å²) in [5, 5.41) is 2.95. The van der Waals surface area contributed by atoms with Crippen LogP contribution in [0.15, 0.2) is 34.1 Å². The van der Waals surface area contributed by atoms with E-state index in [9.17, 15) is 21.6 Å². The van der Waals surface area contributed by atoms with Gasteiger partial charge < -0.3 is 5.32 Å². The number of likely N-dealkylation sites (N-methyl/N-ethyl adjacent to an activating group) is 1. The second kappa shape index (κ2) is 8.84. The number of thioether (sulfide) groups is 1. The van der Waals surface area contributed by atoms with Gasteiger partial charge in [0.15, 0.2) is 0 Å². The minimum atomic E-state index is -4.38. The number of halogens is 4. The highest BCUT2D eigenvalue weighted by Crippen LogP contribution is 2.36. The average molecular weight is 365 g/mol. The summed E-state index contributed by atoms with van der Waals surface area (Å²) in [5.74, 6) is 0. The lowest BCUT2D eigenvalue weighted by molar-refractivity contribution is -0.0328. The molecule has 2 N–H and O–H groups in total. The molecule has 0 radical (unpaired) electrons. The number of alkyl halides is 3. The molecule has 0 fully saturated rings. The second-order valence-electron chi connectivity index (χ2n) is 3.77. The molecular weight excluding hydrogens is 349 g/mol. The lowest BCUT2D eigenvalue weighted by atomic mass is 10.4. The molecule has 1 aromatic carbocycles. The van der Waals surface area contributed by atoms with Crippen LogP contribution in [0.5, 0.6) is 0 Å². The topological polar surface area (TPSA) is 58.2 Å². The van der Waals surface area contributed by atoms with Crippen LogP contribution in [0.3, 0.4) is 0 Å². The molecule has 0 saturated heterocycles. The molecule has 0 aliphatic carbocycles. The lowest BCUT2D eigenvalue weighted by Gasteiger charge is -2.08. The van der Waals surface area contributed by atoms with Crippen molar-refractivity contribution in [3.05, 3.63) is 24.3 Å². The van der Waals surface area contributed by atoms with E-state index < -0.39 is 15.5 Å². The first-order chi connectivity index (χ1) is 9.24. The maximum atomic E-state index is 12.1. The Hall–Kier alpha value is -0.480. The smallest absolute Gasteiger partial charge is 0.316 e. The van der Waals surface area contributed by atoms with Crippen molar-refractivity contribution in [3.63, 3.8) is 0 Å². The fourth-order valence-corrected chi connectivity index (χ4v) is 2.93. The largest absolute Gasteiger partial charge is 0.446 e. The minimum Gasteiger partial charge on any atom is -0.316 e. The average Bonchev–Trinajstić information content (AvgIpc) is 2.33. The molecule has 0 aliphatic heterocycles. The van der Waals surface area contributed by atoms with E-state index in [1.165, 1.54) is 0 Å².